The third kappa shape index (κ3) is 4.97. The van der Waals surface area contributed by atoms with Gasteiger partial charge in [0.25, 0.3) is 5.91 Å². The highest BCUT2D eigenvalue weighted by atomic mass is 79.9. The molecule has 35 heavy (non-hydrogen) atoms. The number of aliphatic carboxylic acids is 1. The number of anilines is 2. The molecule has 2 heterocycles. The number of carbonyl (C=O) groups is 2. The first-order valence-corrected chi connectivity index (χ1v) is 13.7. The number of halogens is 3. The van der Waals surface area contributed by atoms with E-state index in [1.54, 1.807) is 19.1 Å². The molecule has 1 aliphatic heterocycles. The predicted molar refractivity (Wildman–Crippen MR) is 136 cm³/mol. The van der Waals surface area contributed by atoms with Gasteiger partial charge in [-0.3, -0.25) is 14.2 Å². The van der Waals surface area contributed by atoms with Gasteiger partial charge in [-0.1, -0.05) is 51.3 Å². The van der Waals surface area contributed by atoms with E-state index in [1.165, 1.54) is 21.7 Å². The minimum Gasteiger partial charge on any atom is -0.481 e. The van der Waals surface area contributed by atoms with Crippen molar-refractivity contribution in [2.75, 3.05) is 10.7 Å². The van der Waals surface area contributed by atoms with E-state index in [9.17, 15) is 18.0 Å². The molecule has 4 rings (SSSR count). The monoisotopic (exact) mass is 599 g/mol. The molecule has 1 unspecified atom stereocenters. The summed E-state index contributed by atoms with van der Waals surface area (Å²) < 4.78 is 28.8. The van der Waals surface area contributed by atoms with E-state index in [0.717, 1.165) is 10.0 Å². The van der Waals surface area contributed by atoms with Gasteiger partial charge in [0.1, 0.15) is 5.54 Å². The Morgan fingerprint density at radius 3 is 2.37 bits per heavy atom. The van der Waals surface area contributed by atoms with Crippen LogP contribution in [0.25, 0.3) is 0 Å². The summed E-state index contributed by atoms with van der Waals surface area (Å²) in [6.07, 6.45) is 1.04. The van der Waals surface area contributed by atoms with Crippen molar-refractivity contribution in [2.45, 2.75) is 36.8 Å². The number of rotatable bonds is 8. The summed E-state index contributed by atoms with van der Waals surface area (Å²) in [5.74, 6) is -1.76. The van der Waals surface area contributed by atoms with Gasteiger partial charge in [-0.2, -0.15) is 0 Å². The van der Waals surface area contributed by atoms with Crippen molar-refractivity contribution in [1.82, 2.24) is 9.55 Å². The number of benzene rings is 2. The van der Waals surface area contributed by atoms with Gasteiger partial charge in [0.15, 0.2) is 14.9 Å². The normalized spacial score (nSPS) is 17.6. The summed E-state index contributed by atoms with van der Waals surface area (Å²) in [6, 6.07) is 12.0. The minimum atomic E-state index is -3.95. The van der Waals surface area contributed by atoms with E-state index in [-0.39, 0.29) is 30.2 Å². The van der Waals surface area contributed by atoms with Gasteiger partial charge in [0.05, 0.1) is 17.6 Å². The quantitative estimate of drug-likeness (QED) is 0.379. The molecular weight excluding hydrogens is 581 g/mol. The highest BCUT2D eigenvalue weighted by molar-refractivity contribution is 9.10. The van der Waals surface area contributed by atoms with Crippen molar-refractivity contribution in [2.24, 2.45) is 0 Å². The van der Waals surface area contributed by atoms with E-state index < -0.39 is 33.0 Å². The molecule has 1 atom stereocenters. The lowest BCUT2D eigenvalue weighted by atomic mass is 9.92. The van der Waals surface area contributed by atoms with Crippen molar-refractivity contribution >= 4 is 72.5 Å². The molecule has 1 aliphatic rings. The van der Waals surface area contributed by atoms with E-state index in [4.69, 9.17) is 28.3 Å². The van der Waals surface area contributed by atoms with Crippen LogP contribution in [0.1, 0.15) is 25.3 Å². The van der Waals surface area contributed by atoms with Gasteiger partial charge in [-0.15, -0.1) is 0 Å². The molecule has 0 aliphatic carbocycles. The average Bonchev–Trinajstić information content (AvgIpc) is 3.28. The van der Waals surface area contributed by atoms with Crippen LogP contribution in [0.5, 0.6) is 0 Å². The largest absolute Gasteiger partial charge is 0.481 e. The van der Waals surface area contributed by atoms with E-state index >= 15 is 0 Å². The second-order valence-corrected chi connectivity index (χ2v) is 12.2. The zero-order chi connectivity index (χ0) is 25.5. The Bertz CT molecular complexity index is 1410. The molecular formula is C23H20BrCl2N3O5S. The first kappa shape index (κ1) is 25.7. The third-order valence-electron chi connectivity index (χ3n) is 5.76. The number of hydrogen-bond acceptors (Lipinski definition) is 5. The van der Waals surface area contributed by atoms with Gasteiger partial charge in [0.2, 0.25) is 5.95 Å². The Labute approximate surface area is 220 Å². The van der Waals surface area contributed by atoms with Crippen LogP contribution < -0.4 is 4.90 Å². The highest BCUT2D eigenvalue weighted by Crippen LogP contribution is 2.44. The Kier molecular flexibility index (Phi) is 7.02. The van der Waals surface area contributed by atoms with E-state index in [1.807, 2.05) is 24.3 Å². The van der Waals surface area contributed by atoms with E-state index in [0.29, 0.717) is 15.7 Å². The zero-order valence-corrected chi connectivity index (χ0v) is 22.3. The molecule has 0 saturated heterocycles. The maximum Gasteiger partial charge on any atom is 0.303 e. The fourth-order valence-electron chi connectivity index (χ4n) is 4.17. The van der Waals surface area contributed by atoms with Crippen LogP contribution in [-0.4, -0.2) is 40.7 Å². The van der Waals surface area contributed by atoms with Crippen molar-refractivity contribution in [3.8, 4) is 0 Å². The number of fused-ring (bicyclic) bond motifs is 1. The summed E-state index contributed by atoms with van der Waals surface area (Å²) in [7, 11) is -3.95. The molecule has 1 amide bonds. The fourth-order valence-corrected chi connectivity index (χ4v) is 6.46. The molecule has 1 N–H and O–H groups in total. The van der Waals surface area contributed by atoms with Crippen LogP contribution in [0.2, 0.25) is 10.0 Å². The van der Waals surface area contributed by atoms with Crippen molar-refractivity contribution in [1.29, 1.82) is 0 Å². The molecule has 184 valence electrons. The topological polar surface area (TPSA) is 110 Å². The number of sulfone groups is 1. The zero-order valence-electron chi connectivity index (χ0n) is 18.4. The summed E-state index contributed by atoms with van der Waals surface area (Å²) in [5, 5.41) is 9.38. The lowest BCUT2D eigenvalue weighted by Gasteiger charge is -2.26. The number of carboxylic acids is 1. The molecule has 0 spiro atoms. The summed E-state index contributed by atoms with van der Waals surface area (Å²) in [6.45, 7) is 1.66. The molecule has 12 heteroatoms. The lowest BCUT2D eigenvalue weighted by Crippen LogP contribution is -2.42. The molecule has 0 fully saturated rings. The number of imidazole rings is 1. The Morgan fingerprint density at radius 2 is 1.77 bits per heavy atom. The third-order valence-corrected chi connectivity index (χ3v) is 8.47. The molecule has 0 saturated carbocycles. The Hall–Kier alpha value is -2.40. The number of aromatic nitrogens is 2. The van der Waals surface area contributed by atoms with Crippen LogP contribution >= 0.6 is 39.1 Å². The first-order valence-electron chi connectivity index (χ1n) is 10.5. The van der Waals surface area contributed by atoms with Crippen LogP contribution in [-0.2, 0) is 31.4 Å². The van der Waals surface area contributed by atoms with Crippen molar-refractivity contribution < 1.29 is 23.1 Å². The molecule has 3 aromatic rings. The Morgan fingerprint density at radius 1 is 1.14 bits per heavy atom. The number of hydrogen-bond donors (Lipinski definition) is 1. The summed E-state index contributed by atoms with van der Waals surface area (Å²) >= 11 is 15.8. The maximum absolute atomic E-state index is 13.9. The smallest absolute Gasteiger partial charge is 0.303 e. The summed E-state index contributed by atoms with van der Waals surface area (Å²) in [5.41, 5.74) is -0.179. The van der Waals surface area contributed by atoms with Gasteiger partial charge in [0, 0.05) is 27.4 Å². The molecule has 0 radical (unpaired) electrons. The molecule has 1 aromatic heterocycles. The van der Waals surface area contributed by atoms with Crippen LogP contribution in [0.15, 0.2) is 58.2 Å². The molecule has 0 bridgehead atoms. The SMILES string of the molecule is CC1(Cc2ccc(Br)cc2)C(=O)N(c2cc(Cl)cc(Cl)c2)c2ncc(S(=O)(=O)CCCC(=O)O)n21. The average molecular weight is 601 g/mol. The molecule has 8 nitrogen and oxygen atoms in total. The summed E-state index contributed by atoms with van der Waals surface area (Å²) in [4.78, 5) is 30.4. The first-order chi connectivity index (χ1) is 16.4. The second-order valence-electron chi connectivity index (χ2n) is 8.39. The number of carboxylic acid groups (broad SMARTS) is 1. The number of amides is 1. The van der Waals surface area contributed by atoms with Crippen molar-refractivity contribution in [3.63, 3.8) is 0 Å². The lowest BCUT2D eigenvalue weighted by molar-refractivity contribution is -0.137. The number of carbonyl (C=O) groups excluding carboxylic acids is 1. The van der Waals surface area contributed by atoms with Gasteiger partial charge >= 0.3 is 5.97 Å². The van der Waals surface area contributed by atoms with Gasteiger partial charge in [-0.05, 0) is 49.2 Å². The number of nitrogens with zero attached hydrogens (tertiary/aromatic N) is 3. The standard InChI is InChI=1S/C23H20BrCl2N3O5S/c1-23(12-14-4-6-15(24)7-5-14)21(32)28(18-10-16(25)9-17(26)11-18)22-27-13-19(29(22)23)35(33,34)8-2-3-20(30)31/h4-7,9-11,13H,2-3,8,12H2,1H3,(H,30,31). The fraction of sp³-hybridized carbons (Fsp3) is 0.261. The second kappa shape index (κ2) is 9.57. The van der Waals surface area contributed by atoms with E-state index in [2.05, 4.69) is 20.9 Å². The Balaban J connectivity index is 1.86. The van der Waals surface area contributed by atoms with Crippen LogP contribution in [0, 0.1) is 0 Å². The predicted octanol–water partition coefficient (Wildman–Crippen LogP) is 5.23. The van der Waals surface area contributed by atoms with Crippen LogP contribution in [0.3, 0.4) is 0 Å². The van der Waals surface area contributed by atoms with Gasteiger partial charge in [-0.25, -0.2) is 18.3 Å². The molecule has 2 aromatic carbocycles. The van der Waals surface area contributed by atoms with Gasteiger partial charge < -0.3 is 5.11 Å². The maximum atomic E-state index is 13.9. The van der Waals surface area contributed by atoms with Crippen LogP contribution in [0.4, 0.5) is 11.6 Å². The minimum absolute atomic E-state index is 0.0663. The van der Waals surface area contributed by atoms with Crippen molar-refractivity contribution in [3.05, 3.63) is 68.7 Å². The highest BCUT2D eigenvalue weighted by Gasteiger charge is 2.51.